The fraction of sp³-hybridized carbons (Fsp3) is 0.476. The Morgan fingerprint density at radius 1 is 1.28 bits per heavy atom. The minimum atomic E-state index is -0.330. The first-order chi connectivity index (χ1) is 11.8. The molecule has 0 radical (unpaired) electrons. The van der Waals surface area contributed by atoms with Crippen molar-refractivity contribution in [1.29, 1.82) is 0 Å². The number of benzene rings is 1. The second-order valence-corrected chi connectivity index (χ2v) is 6.73. The number of hydrogen-bond donors (Lipinski definition) is 0. The summed E-state index contributed by atoms with van der Waals surface area (Å²) in [7, 11) is 1.57. The summed E-state index contributed by atoms with van der Waals surface area (Å²) >= 11 is 0. The summed E-state index contributed by atoms with van der Waals surface area (Å²) in [6, 6.07) is 1.90. The maximum absolute atomic E-state index is 12.0. The number of cyclic esters (lactones) is 1. The molecule has 0 N–H and O–H groups in total. The number of carbonyl (C=O) groups excluding carboxylic acids is 1. The normalized spacial score (nSPS) is 16.3. The monoisotopic (exact) mass is 344 g/mol. The van der Waals surface area contributed by atoms with Gasteiger partial charge in [-0.3, -0.25) is 0 Å². The van der Waals surface area contributed by atoms with E-state index in [4.69, 9.17) is 14.2 Å². The van der Waals surface area contributed by atoms with E-state index in [2.05, 4.69) is 32.9 Å². The van der Waals surface area contributed by atoms with Crippen LogP contribution in [0.1, 0.15) is 68.1 Å². The molecule has 1 aliphatic rings. The molecule has 0 aromatic heterocycles. The predicted octanol–water partition coefficient (Wildman–Crippen LogP) is 5.31. The lowest BCUT2D eigenvalue weighted by Gasteiger charge is -2.14. The molecule has 2 rings (SSSR count). The van der Waals surface area contributed by atoms with Crippen molar-refractivity contribution in [3.63, 3.8) is 0 Å². The average Bonchev–Trinajstić information content (AvgIpc) is 2.82. The number of methoxy groups -OCH3 is 1. The molecule has 0 saturated carbocycles. The van der Waals surface area contributed by atoms with E-state index < -0.39 is 0 Å². The molecule has 1 aliphatic heterocycles. The van der Waals surface area contributed by atoms with Gasteiger partial charge in [-0.1, -0.05) is 17.2 Å². The van der Waals surface area contributed by atoms with Crippen LogP contribution in [-0.2, 0) is 4.74 Å². The molecule has 1 aromatic rings. The van der Waals surface area contributed by atoms with Gasteiger partial charge in [0.1, 0.15) is 29.8 Å². The van der Waals surface area contributed by atoms with Gasteiger partial charge in [0, 0.05) is 11.1 Å². The van der Waals surface area contributed by atoms with Crippen molar-refractivity contribution in [1.82, 2.24) is 0 Å². The molecule has 0 aliphatic carbocycles. The summed E-state index contributed by atoms with van der Waals surface area (Å²) in [5, 5.41) is 0. The van der Waals surface area contributed by atoms with Crippen LogP contribution in [0.15, 0.2) is 29.4 Å². The van der Waals surface area contributed by atoms with Gasteiger partial charge in [-0.2, -0.15) is 0 Å². The standard InChI is InChI=1S/C21H28O4/c1-13(2)8-7-9-14(3)10-11-24-18-12-17-16(5)25-21(22)19(17)20(23-6)15(18)4/h8,10,12,16H,7,9,11H2,1-6H3/b14-10+. The lowest BCUT2D eigenvalue weighted by Crippen LogP contribution is -2.04. The molecular formula is C21H28O4. The first kappa shape index (κ1) is 19.1. The van der Waals surface area contributed by atoms with E-state index in [9.17, 15) is 4.79 Å². The summed E-state index contributed by atoms with van der Waals surface area (Å²) in [6.07, 6.45) is 6.14. The zero-order valence-corrected chi connectivity index (χ0v) is 16.1. The molecule has 25 heavy (non-hydrogen) atoms. The quantitative estimate of drug-likeness (QED) is 0.497. The Hall–Kier alpha value is -2.23. The van der Waals surface area contributed by atoms with Gasteiger partial charge in [0.25, 0.3) is 0 Å². The number of esters is 1. The zero-order valence-electron chi connectivity index (χ0n) is 16.1. The van der Waals surface area contributed by atoms with E-state index in [1.165, 1.54) is 11.1 Å². The Kier molecular flexibility index (Phi) is 6.29. The first-order valence-electron chi connectivity index (χ1n) is 8.69. The van der Waals surface area contributed by atoms with Crippen molar-refractivity contribution < 1.29 is 19.0 Å². The fourth-order valence-corrected chi connectivity index (χ4v) is 2.94. The van der Waals surface area contributed by atoms with Gasteiger partial charge >= 0.3 is 5.97 Å². The number of fused-ring (bicyclic) bond motifs is 1. The lowest BCUT2D eigenvalue weighted by atomic mass is 10.0. The molecule has 1 aromatic carbocycles. The molecule has 136 valence electrons. The summed E-state index contributed by atoms with van der Waals surface area (Å²) in [5.41, 5.74) is 4.81. The Bertz CT molecular complexity index is 709. The Morgan fingerprint density at radius 2 is 2.00 bits per heavy atom. The Balaban J connectivity index is 2.12. The van der Waals surface area contributed by atoms with Gasteiger partial charge < -0.3 is 14.2 Å². The third kappa shape index (κ3) is 4.44. The van der Waals surface area contributed by atoms with Gasteiger partial charge in [-0.05, 0) is 59.6 Å². The largest absolute Gasteiger partial charge is 0.495 e. The second kappa shape index (κ2) is 8.24. The van der Waals surface area contributed by atoms with Crippen molar-refractivity contribution in [3.05, 3.63) is 46.1 Å². The third-order valence-electron chi connectivity index (χ3n) is 4.40. The van der Waals surface area contributed by atoms with Crippen molar-refractivity contribution >= 4 is 5.97 Å². The summed E-state index contributed by atoms with van der Waals surface area (Å²) in [4.78, 5) is 12.0. The van der Waals surface area contributed by atoms with E-state index in [1.807, 2.05) is 19.9 Å². The van der Waals surface area contributed by atoms with Crippen LogP contribution in [-0.4, -0.2) is 19.7 Å². The van der Waals surface area contributed by atoms with Crippen molar-refractivity contribution in [3.8, 4) is 11.5 Å². The predicted molar refractivity (Wildman–Crippen MR) is 99.5 cm³/mol. The van der Waals surface area contributed by atoms with E-state index in [1.54, 1.807) is 7.11 Å². The molecule has 0 spiro atoms. The van der Waals surface area contributed by atoms with E-state index in [-0.39, 0.29) is 12.1 Å². The molecule has 4 heteroatoms. The van der Waals surface area contributed by atoms with Gasteiger partial charge in [0.2, 0.25) is 0 Å². The number of carbonyl (C=O) groups is 1. The Morgan fingerprint density at radius 3 is 2.64 bits per heavy atom. The van der Waals surface area contributed by atoms with Crippen LogP contribution in [0.5, 0.6) is 11.5 Å². The highest BCUT2D eigenvalue weighted by Gasteiger charge is 2.33. The van der Waals surface area contributed by atoms with Gasteiger partial charge in [0.05, 0.1) is 7.11 Å². The van der Waals surface area contributed by atoms with Gasteiger partial charge in [0.15, 0.2) is 0 Å². The second-order valence-electron chi connectivity index (χ2n) is 6.73. The van der Waals surface area contributed by atoms with Crippen LogP contribution >= 0.6 is 0 Å². The lowest BCUT2D eigenvalue weighted by molar-refractivity contribution is 0.0420. The van der Waals surface area contributed by atoms with Crippen LogP contribution in [0.4, 0.5) is 0 Å². The molecule has 1 atom stereocenters. The van der Waals surface area contributed by atoms with Crippen LogP contribution in [0.2, 0.25) is 0 Å². The highest BCUT2D eigenvalue weighted by atomic mass is 16.6. The van der Waals surface area contributed by atoms with E-state index in [0.717, 1.165) is 29.7 Å². The average molecular weight is 344 g/mol. The summed E-state index contributed by atoms with van der Waals surface area (Å²) < 4.78 is 16.7. The zero-order chi connectivity index (χ0) is 18.6. The van der Waals surface area contributed by atoms with Crippen molar-refractivity contribution in [2.75, 3.05) is 13.7 Å². The highest BCUT2D eigenvalue weighted by Crippen LogP contribution is 2.42. The maximum Gasteiger partial charge on any atom is 0.342 e. The number of ether oxygens (including phenoxy) is 3. The number of rotatable bonds is 7. The van der Waals surface area contributed by atoms with Gasteiger partial charge in [-0.15, -0.1) is 0 Å². The molecule has 0 fully saturated rings. The molecule has 0 amide bonds. The topological polar surface area (TPSA) is 44.8 Å². The van der Waals surface area contributed by atoms with E-state index in [0.29, 0.717) is 17.9 Å². The fourth-order valence-electron chi connectivity index (χ4n) is 2.94. The molecule has 1 heterocycles. The van der Waals surface area contributed by atoms with E-state index >= 15 is 0 Å². The number of hydrogen-bond acceptors (Lipinski definition) is 4. The molecule has 4 nitrogen and oxygen atoms in total. The summed E-state index contributed by atoms with van der Waals surface area (Å²) in [6.45, 7) is 10.6. The molecular weight excluding hydrogens is 316 g/mol. The maximum atomic E-state index is 12.0. The Labute approximate surface area is 150 Å². The van der Waals surface area contributed by atoms with Crippen LogP contribution in [0.25, 0.3) is 0 Å². The van der Waals surface area contributed by atoms with Crippen molar-refractivity contribution in [2.45, 2.75) is 53.6 Å². The van der Waals surface area contributed by atoms with Crippen LogP contribution < -0.4 is 9.47 Å². The van der Waals surface area contributed by atoms with Crippen LogP contribution in [0, 0.1) is 6.92 Å². The minimum absolute atomic E-state index is 0.277. The molecule has 0 bridgehead atoms. The van der Waals surface area contributed by atoms with Crippen molar-refractivity contribution in [2.24, 2.45) is 0 Å². The third-order valence-corrected chi connectivity index (χ3v) is 4.40. The van der Waals surface area contributed by atoms with Gasteiger partial charge in [-0.25, -0.2) is 4.79 Å². The molecule has 1 unspecified atom stereocenters. The smallest absolute Gasteiger partial charge is 0.342 e. The highest BCUT2D eigenvalue weighted by molar-refractivity contribution is 5.98. The molecule has 0 saturated heterocycles. The van der Waals surface area contributed by atoms with Crippen LogP contribution in [0.3, 0.4) is 0 Å². The minimum Gasteiger partial charge on any atom is -0.495 e. The SMILES string of the molecule is COc1c(C)c(OC/C=C(\C)CCC=C(C)C)cc2c1C(=O)OC2C. The summed E-state index contributed by atoms with van der Waals surface area (Å²) in [5.74, 6) is 0.948. The number of allylic oxidation sites excluding steroid dienone is 3. The first-order valence-corrected chi connectivity index (χ1v) is 8.69.